The molecule has 11 nitrogen and oxygen atoms in total. The highest BCUT2D eigenvalue weighted by Crippen LogP contribution is 2.32. The molecule has 0 unspecified atom stereocenters. The minimum absolute atomic E-state index is 0.0831. The molecule has 4 rings (SSSR count). The summed E-state index contributed by atoms with van der Waals surface area (Å²) in [6.45, 7) is -3.12. The van der Waals surface area contributed by atoms with Gasteiger partial charge in [-0.05, 0) is 18.9 Å². The van der Waals surface area contributed by atoms with Crippen LogP contribution in [0.15, 0.2) is 30.6 Å². The Morgan fingerprint density at radius 1 is 1.29 bits per heavy atom. The molecule has 1 aliphatic carbocycles. The standard InChI is InChI=1S/C20H22N8O3/c1-21-20(31)17-15(8-16(25-26-17)24-19(30)11-6-7-11)23-14-5-3-4-12(13(14)9-29)18-22-10-28(2)27-18/h3-5,8,10-11,29H,6-7,9H2,1-2H3,(H,21,31)(H2,23,24,25,30)/i1D3. The molecule has 0 aliphatic heterocycles. The Morgan fingerprint density at radius 3 is 2.81 bits per heavy atom. The number of aliphatic hydroxyl groups excluding tert-OH is 1. The predicted molar refractivity (Wildman–Crippen MR) is 112 cm³/mol. The lowest BCUT2D eigenvalue weighted by Gasteiger charge is -2.16. The molecule has 4 N–H and O–H groups in total. The Kier molecular flexibility index (Phi) is 4.62. The first-order chi connectivity index (χ1) is 16.1. The van der Waals surface area contributed by atoms with Crippen molar-refractivity contribution < 1.29 is 18.8 Å². The van der Waals surface area contributed by atoms with Crippen molar-refractivity contribution in [3.63, 3.8) is 0 Å². The third-order valence-electron chi connectivity index (χ3n) is 4.77. The first kappa shape index (κ1) is 16.9. The van der Waals surface area contributed by atoms with Gasteiger partial charge < -0.3 is 21.1 Å². The fourth-order valence-corrected chi connectivity index (χ4v) is 3.04. The van der Waals surface area contributed by atoms with E-state index in [1.165, 1.54) is 17.1 Å². The van der Waals surface area contributed by atoms with E-state index in [0.29, 0.717) is 22.6 Å². The molecule has 1 aromatic carbocycles. The van der Waals surface area contributed by atoms with Gasteiger partial charge in [0.15, 0.2) is 17.3 Å². The molecule has 3 aromatic rings. The lowest BCUT2D eigenvalue weighted by molar-refractivity contribution is -0.117. The van der Waals surface area contributed by atoms with E-state index >= 15 is 0 Å². The number of nitrogens with zero attached hydrogens (tertiary/aromatic N) is 5. The summed E-state index contributed by atoms with van der Waals surface area (Å²) in [7, 11) is 1.72. The predicted octanol–water partition coefficient (Wildman–Crippen LogP) is 1.22. The van der Waals surface area contributed by atoms with Crippen LogP contribution in [0.3, 0.4) is 0 Å². The second kappa shape index (κ2) is 8.48. The van der Waals surface area contributed by atoms with E-state index in [4.69, 9.17) is 4.11 Å². The average Bonchev–Trinajstić information content (AvgIpc) is 3.53. The highest BCUT2D eigenvalue weighted by Gasteiger charge is 2.30. The molecule has 1 aliphatic rings. The molecule has 0 saturated heterocycles. The van der Waals surface area contributed by atoms with Gasteiger partial charge in [0.05, 0.1) is 12.3 Å². The SMILES string of the molecule is [2H]C([2H])([2H])NC(=O)c1nnc(NC(=O)C2CC2)cc1Nc1cccc(-c2ncn(C)n2)c1CO. The molecule has 0 radical (unpaired) electrons. The summed E-state index contributed by atoms with van der Waals surface area (Å²) >= 11 is 0. The Labute approximate surface area is 182 Å². The molecular weight excluding hydrogens is 400 g/mol. The summed E-state index contributed by atoms with van der Waals surface area (Å²) in [4.78, 5) is 29.0. The average molecular weight is 425 g/mol. The number of carbonyl (C=O) groups is 2. The molecule has 1 saturated carbocycles. The maximum atomic E-state index is 12.6. The Bertz CT molecular complexity index is 1240. The Hall–Kier alpha value is -3.86. The van der Waals surface area contributed by atoms with E-state index in [9.17, 15) is 14.7 Å². The molecule has 11 heteroatoms. The maximum absolute atomic E-state index is 12.6. The van der Waals surface area contributed by atoms with Crippen LogP contribution in [0.4, 0.5) is 17.2 Å². The molecule has 1 fully saturated rings. The van der Waals surface area contributed by atoms with E-state index in [1.807, 2.05) is 5.32 Å². The summed E-state index contributed by atoms with van der Waals surface area (Å²) in [5, 5.41) is 29.6. The van der Waals surface area contributed by atoms with Crippen LogP contribution in [0, 0.1) is 5.92 Å². The molecule has 2 aromatic heterocycles. The summed E-state index contributed by atoms with van der Waals surface area (Å²) in [6.07, 6.45) is 3.10. The first-order valence-electron chi connectivity index (χ1n) is 11.0. The molecule has 0 atom stereocenters. The second-order valence-corrected chi connectivity index (χ2v) is 7.07. The van der Waals surface area contributed by atoms with E-state index in [1.54, 1.807) is 25.2 Å². The highest BCUT2D eigenvalue weighted by molar-refractivity contribution is 5.99. The molecule has 0 spiro atoms. The number of hydrogen-bond donors (Lipinski definition) is 4. The molecule has 2 heterocycles. The van der Waals surface area contributed by atoms with Crippen molar-refractivity contribution in [3.05, 3.63) is 41.9 Å². The third-order valence-corrected chi connectivity index (χ3v) is 4.77. The van der Waals surface area contributed by atoms with Crippen molar-refractivity contribution >= 4 is 29.0 Å². The number of aliphatic hydroxyl groups is 1. The normalized spacial score (nSPS) is 14.8. The van der Waals surface area contributed by atoms with Gasteiger partial charge in [-0.3, -0.25) is 14.3 Å². The third kappa shape index (κ3) is 4.36. The monoisotopic (exact) mass is 425 g/mol. The van der Waals surface area contributed by atoms with E-state index in [0.717, 1.165) is 12.8 Å². The van der Waals surface area contributed by atoms with Gasteiger partial charge >= 0.3 is 0 Å². The van der Waals surface area contributed by atoms with Gasteiger partial charge in [0.25, 0.3) is 5.91 Å². The molecule has 160 valence electrons. The Morgan fingerprint density at radius 2 is 2.13 bits per heavy atom. The number of benzene rings is 1. The zero-order valence-electron chi connectivity index (χ0n) is 19.6. The van der Waals surface area contributed by atoms with Gasteiger partial charge in [0, 0.05) is 46.9 Å². The fourth-order valence-electron chi connectivity index (χ4n) is 3.04. The van der Waals surface area contributed by atoms with Crippen molar-refractivity contribution in [2.45, 2.75) is 19.4 Å². The second-order valence-electron chi connectivity index (χ2n) is 7.07. The van der Waals surface area contributed by atoms with Crippen molar-refractivity contribution in [2.75, 3.05) is 17.6 Å². The highest BCUT2D eigenvalue weighted by atomic mass is 16.3. The largest absolute Gasteiger partial charge is 0.392 e. The number of nitrogens with one attached hydrogen (secondary N) is 3. The van der Waals surface area contributed by atoms with Gasteiger partial charge in [0.2, 0.25) is 5.91 Å². The van der Waals surface area contributed by atoms with Crippen molar-refractivity contribution in [1.82, 2.24) is 30.3 Å². The summed E-state index contributed by atoms with van der Waals surface area (Å²) in [6, 6.07) is 6.49. The fraction of sp³-hybridized carbons (Fsp3) is 0.300. The van der Waals surface area contributed by atoms with Gasteiger partial charge in [-0.2, -0.15) is 5.10 Å². The maximum Gasteiger partial charge on any atom is 0.273 e. The van der Waals surface area contributed by atoms with E-state index < -0.39 is 12.9 Å². The van der Waals surface area contributed by atoms with Gasteiger partial charge in [0.1, 0.15) is 6.33 Å². The van der Waals surface area contributed by atoms with Crippen molar-refractivity contribution in [2.24, 2.45) is 13.0 Å². The summed E-state index contributed by atoms with van der Waals surface area (Å²) in [5.74, 6) is -0.790. The minimum Gasteiger partial charge on any atom is -0.392 e. The number of amides is 2. The molecule has 31 heavy (non-hydrogen) atoms. The van der Waals surface area contributed by atoms with E-state index in [2.05, 4.69) is 30.9 Å². The van der Waals surface area contributed by atoms with Gasteiger partial charge in [-0.1, -0.05) is 12.1 Å². The summed E-state index contributed by atoms with van der Waals surface area (Å²) in [5.41, 5.74) is 1.19. The number of aryl methyl sites for hydroxylation is 1. The number of anilines is 3. The minimum atomic E-state index is -2.74. The van der Waals surface area contributed by atoms with Crippen LogP contribution in [0.5, 0.6) is 0 Å². The van der Waals surface area contributed by atoms with Crippen LogP contribution in [-0.2, 0) is 18.4 Å². The first-order valence-corrected chi connectivity index (χ1v) is 9.51. The van der Waals surface area contributed by atoms with Crippen LogP contribution >= 0.6 is 0 Å². The topological polar surface area (TPSA) is 147 Å². The molecular formula is C20H22N8O3. The van der Waals surface area contributed by atoms with Crippen molar-refractivity contribution in [3.8, 4) is 11.4 Å². The zero-order chi connectivity index (χ0) is 24.5. The van der Waals surface area contributed by atoms with Crippen molar-refractivity contribution in [1.29, 1.82) is 0 Å². The Balaban J connectivity index is 1.72. The smallest absolute Gasteiger partial charge is 0.273 e. The summed E-state index contributed by atoms with van der Waals surface area (Å²) < 4.78 is 23.4. The van der Waals surface area contributed by atoms with Gasteiger partial charge in [-0.15, -0.1) is 10.2 Å². The van der Waals surface area contributed by atoms with Crippen LogP contribution in [0.2, 0.25) is 0 Å². The lowest BCUT2D eigenvalue weighted by atomic mass is 10.0. The van der Waals surface area contributed by atoms with Crippen LogP contribution in [-0.4, -0.2) is 48.9 Å². The molecule has 0 bridgehead atoms. The number of carbonyl (C=O) groups excluding carboxylic acids is 2. The number of rotatable bonds is 7. The van der Waals surface area contributed by atoms with Crippen LogP contribution in [0.1, 0.15) is 33.0 Å². The number of aromatic nitrogens is 5. The quantitative estimate of drug-likeness (QED) is 0.442. The molecule has 2 amide bonds. The number of hydrogen-bond acceptors (Lipinski definition) is 8. The van der Waals surface area contributed by atoms with Crippen LogP contribution < -0.4 is 16.0 Å². The van der Waals surface area contributed by atoms with Gasteiger partial charge in [-0.25, -0.2) is 4.98 Å². The van der Waals surface area contributed by atoms with E-state index in [-0.39, 0.29) is 35.6 Å². The lowest BCUT2D eigenvalue weighted by Crippen LogP contribution is -2.22. The zero-order valence-corrected chi connectivity index (χ0v) is 16.6. The van der Waals surface area contributed by atoms with Crippen LogP contribution in [0.25, 0.3) is 11.4 Å².